The Morgan fingerprint density at radius 3 is 3.11 bits per heavy atom. The zero-order chi connectivity index (χ0) is 12.8. The number of piperidine rings is 1. The lowest BCUT2D eigenvalue weighted by atomic mass is 9.99. The van der Waals surface area contributed by atoms with Crippen molar-refractivity contribution < 1.29 is 4.74 Å². The molecule has 0 saturated carbocycles. The first-order chi connectivity index (χ1) is 8.79. The first-order valence-electron chi connectivity index (χ1n) is 6.66. The van der Waals surface area contributed by atoms with Gasteiger partial charge in [0.05, 0.1) is 19.0 Å². The molecule has 2 heterocycles. The highest BCUT2D eigenvalue weighted by Crippen LogP contribution is 2.17. The van der Waals surface area contributed by atoms with Crippen molar-refractivity contribution in [1.29, 1.82) is 0 Å². The maximum absolute atomic E-state index is 5.37. The Labute approximate surface area is 109 Å². The Kier molecular flexibility index (Phi) is 4.75. The van der Waals surface area contributed by atoms with E-state index in [1.165, 1.54) is 12.8 Å². The number of nitrogens with zero attached hydrogens (tertiary/aromatic N) is 3. The molecule has 1 saturated heterocycles. The maximum Gasteiger partial charge on any atom is 0.234 e. The predicted octanol–water partition coefficient (Wildman–Crippen LogP) is 1.31. The van der Waals surface area contributed by atoms with Crippen LogP contribution in [0.15, 0.2) is 12.4 Å². The second-order valence-corrected chi connectivity index (χ2v) is 4.74. The van der Waals surface area contributed by atoms with Gasteiger partial charge in [0, 0.05) is 13.6 Å². The summed E-state index contributed by atoms with van der Waals surface area (Å²) < 4.78 is 5.37. The lowest BCUT2D eigenvalue weighted by Crippen LogP contribution is -2.37. The molecule has 0 aliphatic carbocycles. The van der Waals surface area contributed by atoms with Crippen molar-refractivity contribution in [2.45, 2.75) is 19.8 Å². The molecule has 0 bridgehead atoms. The zero-order valence-corrected chi connectivity index (χ0v) is 11.2. The molecule has 1 aliphatic heterocycles. The van der Waals surface area contributed by atoms with E-state index in [4.69, 9.17) is 4.74 Å². The second-order valence-electron chi connectivity index (χ2n) is 4.74. The van der Waals surface area contributed by atoms with Crippen molar-refractivity contribution in [2.75, 3.05) is 38.2 Å². The Bertz CT molecular complexity index is 366. The van der Waals surface area contributed by atoms with Crippen LogP contribution in [0.5, 0.6) is 5.88 Å². The van der Waals surface area contributed by atoms with Crippen LogP contribution in [-0.2, 0) is 0 Å². The summed E-state index contributed by atoms with van der Waals surface area (Å²) in [6.45, 7) is 5.83. The van der Waals surface area contributed by atoms with Crippen molar-refractivity contribution in [3.63, 3.8) is 0 Å². The van der Waals surface area contributed by atoms with E-state index in [2.05, 4.69) is 27.2 Å². The molecule has 18 heavy (non-hydrogen) atoms. The summed E-state index contributed by atoms with van der Waals surface area (Å²) in [6.07, 6.45) is 6.00. The molecule has 0 radical (unpaired) electrons. The number of hydrogen-bond acceptors (Lipinski definition) is 5. The van der Waals surface area contributed by atoms with Gasteiger partial charge in [-0.05, 0) is 38.8 Å². The van der Waals surface area contributed by atoms with Crippen molar-refractivity contribution in [3.8, 4) is 5.88 Å². The number of ether oxygens (including phenoxy) is 1. The molecule has 1 aliphatic rings. The standard InChI is InChI=1S/C13H22N4O/c1-3-18-13-9-15-8-12(16-13)17(2)10-11-5-4-6-14-7-11/h8-9,11,14H,3-7,10H2,1-2H3. The van der Waals surface area contributed by atoms with Gasteiger partial charge >= 0.3 is 0 Å². The van der Waals surface area contributed by atoms with Crippen LogP contribution in [0.3, 0.4) is 0 Å². The monoisotopic (exact) mass is 250 g/mol. The summed E-state index contributed by atoms with van der Waals surface area (Å²) in [7, 11) is 2.06. The van der Waals surface area contributed by atoms with E-state index in [0.717, 1.165) is 25.5 Å². The lowest BCUT2D eigenvalue weighted by molar-refractivity contribution is 0.325. The summed E-state index contributed by atoms with van der Waals surface area (Å²) in [5, 5.41) is 3.44. The summed E-state index contributed by atoms with van der Waals surface area (Å²) in [5.41, 5.74) is 0. The third kappa shape index (κ3) is 3.57. The number of nitrogens with one attached hydrogen (secondary N) is 1. The van der Waals surface area contributed by atoms with Gasteiger partial charge in [-0.1, -0.05) is 0 Å². The molecular formula is C13H22N4O. The van der Waals surface area contributed by atoms with Gasteiger partial charge in [-0.25, -0.2) is 0 Å². The maximum atomic E-state index is 5.37. The average Bonchev–Trinajstić information content (AvgIpc) is 2.40. The van der Waals surface area contributed by atoms with Gasteiger partial charge < -0.3 is 15.0 Å². The van der Waals surface area contributed by atoms with Crippen molar-refractivity contribution in [3.05, 3.63) is 12.4 Å². The number of hydrogen-bond donors (Lipinski definition) is 1. The molecule has 1 aromatic rings. The Morgan fingerprint density at radius 2 is 2.39 bits per heavy atom. The van der Waals surface area contributed by atoms with Crippen LogP contribution >= 0.6 is 0 Å². The van der Waals surface area contributed by atoms with Gasteiger partial charge in [-0.15, -0.1) is 0 Å². The fourth-order valence-corrected chi connectivity index (χ4v) is 2.30. The smallest absolute Gasteiger partial charge is 0.234 e. The van der Waals surface area contributed by atoms with Crippen LogP contribution in [0.2, 0.25) is 0 Å². The van der Waals surface area contributed by atoms with Gasteiger partial charge in [0.15, 0.2) is 5.82 Å². The molecule has 0 aromatic carbocycles. The van der Waals surface area contributed by atoms with E-state index in [-0.39, 0.29) is 0 Å². The van der Waals surface area contributed by atoms with Crippen LogP contribution in [0.25, 0.3) is 0 Å². The molecule has 0 amide bonds. The van der Waals surface area contributed by atoms with Gasteiger partial charge in [0.1, 0.15) is 0 Å². The molecular weight excluding hydrogens is 228 g/mol. The first kappa shape index (κ1) is 13.1. The minimum Gasteiger partial charge on any atom is -0.477 e. The van der Waals surface area contributed by atoms with Gasteiger partial charge in [0.25, 0.3) is 0 Å². The quantitative estimate of drug-likeness (QED) is 0.854. The average molecular weight is 250 g/mol. The van der Waals surface area contributed by atoms with E-state index in [1.54, 1.807) is 12.4 Å². The molecule has 1 aromatic heterocycles. The van der Waals surface area contributed by atoms with Crippen LogP contribution in [-0.4, -0.2) is 43.3 Å². The van der Waals surface area contributed by atoms with Crippen LogP contribution < -0.4 is 15.0 Å². The highest BCUT2D eigenvalue weighted by Gasteiger charge is 2.16. The molecule has 2 rings (SSSR count). The van der Waals surface area contributed by atoms with Crippen LogP contribution in [0.1, 0.15) is 19.8 Å². The summed E-state index contributed by atoms with van der Waals surface area (Å²) in [5.74, 6) is 2.18. The normalized spacial score (nSPS) is 19.6. The highest BCUT2D eigenvalue weighted by atomic mass is 16.5. The van der Waals surface area contributed by atoms with Crippen LogP contribution in [0.4, 0.5) is 5.82 Å². The topological polar surface area (TPSA) is 50.3 Å². The zero-order valence-electron chi connectivity index (χ0n) is 11.2. The third-order valence-corrected chi connectivity index (χ3v) is 3.21. The minimum atomic E-state index is 0.601. The molecule has 1 atom stereocenters. The molecule has 1 fully saturated rings. The van der Waals surface area contributed by atoms with E-state index in [9.17, 15) is 0 Å². The predicted molar refractivity (Wildman–Crippen MR) is 72.1 cm³/mol. The van der Waals surface area contributed by atoms with Gasteiger partial charge in [-0.2, -0.15) is 4.98 Å². The van der Waals surface area contributed by atoms with Crippen LogP contribution in [0, 0.1) is 5.92 Å². The minimum absolute atomic E-state index is 0.601. The van der Waals surface area contributed by atoms with Gasteiger partial charge in [-0.3, -0.25) is 4.98 Å². The summed E-state index contributed by atoms with van der Waals surface area (Å²) in [6, 6.07) is 0. The Morgan fingerprint density at radius 1 is 1.50 bits per heavy atom. The third-order valence-electron chi connectivity index (χ3n) is 3.21. The largest absolute Gasteiger partial charge is 0.477 e. The fourth-order valence-electron chi connectivity index (χ4n) is 2.30. The van der Waals surface area contributed by atoms with Crippen molar-refractivity contribution >= 4 is 5.82 Å². The summed E-state index contributed by atoms with van der Waals surface area (Å²) in [4.78, 5) is 10.8. The molecule has 1 N–H and O–H groups in total. The molecule has 5 heteroatoms. The molecule has 100 valence electrons. The van der Waals surface area contributed by atoms with E-state index in [1.807, 2.05) is 6.92 Å². The lowest BCUT2D eigenvalue weighted by Gasteiger charge is -2.28. The van der Waals surface area contributed by atoms with E-state index < -0.39 is 0 Å². The van der Waals surface area contributed by atoms with Crippen molar-refractivity contribution in [1.82, 2.24) is 15.3 Å². The Balaban J connectivity index is 1.94. The number of anilines is 1. The number of aromatic nitrogens is 2. The Hall–Kier alpha value is -1.36. The first-order valence-corrected chi connectivity index (χ1v) is 6.66. The number of rotatable bonds is 5. The molecule has 5 nitrogen and oxygen atoms in total. The second kappa shape index (κ2) is 6.54. The highest BCUT2D eigenvalue weighted by molar-refractivity contribution is 5.36. The van der Waals surface area contributed by atoms with Gasteiger partial charge in [0.2, 0.25) is 5.88 Å². The molecule has 0 spiro atoms. The van der Waals surface area contributed by atoms with E-state index in [0.29, 0.717) is 18.4 Å². The van der Waals surface area contributed by atoms with Crippen molar-refractivity contribution in [2.24, 2.45) is 5.92 Å². The van der Waals surface area contributed by atoms with E-state index >= 15 is 0 Å². The SMILES string of the molecule is CCOc1cncc(N(C)CC2CCCNC2)n1. The fraction of sp³-hybridized carbons (Fsp3) is 0.692. The summed E-state index contributed by atoms with van der Waals surface area (Å²) >= 11 is 0. The molecule has 1 unspecified atom stereocenters.